The van der Waals surface area contributed by atoms with Gasteiger partial charge in [0.15, 0.2) is 0 Å². The first kappa shape index (κ1) is 23.0. The van der Waals surface area contributed by atoms with Crippen LogP contribution in [0.4, 0.5) is 11.4 Å². The summed E-state index contributed by atoms with van der Waals surface area (Å²) in [6, 6.07) is 22.7. The molecule has 0 fully saturated rings. The number of halogens is 1. The van der Waals surface area contributed by atoms with Crippen molar-refractivity contribution in [2.75, 3.05) is 10.0 Å². The van der Waals surface area contributed by atoms with Crippen molar-refractivity contribution < 1.29 is 17.6 Å². The van der Waals surface area contributed by atoms with Crippen LogP contribution in [0.15, 0.2) is 88.2 Å². The van der Waals surface area contributed by atoms with Crippen LogP contribution >= 0.6 is 11.6 Å². The van der Waals surface area contributed by atoms with Crippen LogP contribution in [0.3, 0.4) is 0 Å². The molecule has 0 bridgehead atoms. The summed E-state index contributed by atoms with van der Waals surface area (Å²) < 4.78 is 34.7. The number of hydrogen-bond acceptors (Lipinski definition) is 4. The molecule has 0 radical (unpaired) electrons. The normalized spacial score (nSPS) is 11.6. The van der Waals surface area contributed by atoms with Crippen molar-refractivity contribution in [1.82, 2.24) is 0 Å². The lowest BCUT2D eigenvalue weighted by atomic mass is 10.1. The van der Waals surface area contributed by atoms with Gasteiger partial charge >= 0.3 is 0 Å². The predicted octanol–water partition coefficient (Wildman–Crippen LogP) is 6.91. The van der Waals surface area contributed by atoms with Gasteiger partial charge in [0.1, 0.15) is 16.1 Å². The summed E-state index contributed by atoms with van der Waals surface area (Å²) in [6.07, 6.45) is 0. The maximum absolute atomic E-state index is 13.1. The van der Waals surface area contributed by atoms with Crippen LogP contribution in [0.5, 0.6) is 0 Å². The van der Waals surface area contributed by atoms with E-state index in [0.717, 1.165) is 27.5 Å². The number of para-hydroxylation sites is 1. The third-order valence-electron chi connectivity index (χ3n) is 5.76. The molecule has 0 saturated carbocycles. The van der Waals surface area contributed by atoms with E-state index in [1.807, 2.05) is 56.3 Å². The summed E-state index contributed by atoms with van der Waals surface area (Å²) in [7, 11) is -4.03. The fourth-order valence-corrected chi connectivity index (χ4v) is 5.55. The Balaban J connectivity index is 1.43. The van der Waals surface area contributed by atoms with E-state index < -0.39 is 15.9 Å². The molecule has 0 spiro atoms. The molecule has 2 N–H and O–H groups in total. The molecule has 0 atom stereocenters. The highest BCUT2D eigenvalue weighted by molar-refractivity contribution is 7.92. The average Bonchev–Trinajstić information content (AvgIpc) is 3.19. The van der Waals surface area contributed by atoms with Gasteiger partial charge in [-0.1, -0.05) is 41.9 Å². The van der Waals surface area contributed by atoms with Crippen molar-refractivity contribution in [3.05, 3.63) is 101 Å². The van der Waals surface area contributed by atoms with E-state index in [-0.39, 0.29) is 15.5 Å². The molecule has 1 amide bonds. The lowest BCUT2D eigenvalue weighted by Crippen LogP contribution is -2.17. The molecule has 35 heavy (non-hydrogen) atoms. The van der Waals surface area contributed by atoms with E-state index in [4.69, 9.17) is 16.0 Å². The third-order valence-corrected chi connectivity index (χ3v) is 7.60. The maximum Gasteiger partial charge on any atom is 0.263 e. The molecule has 4 aromatic carbocycles. The molecular formula is C27H21ClN2O4S. The highest BCUT2D eigenvalue weighted by Crippen LogP contribution is 2.31. The van der Waals surface area contributed by atoms with Crippen molar-refractivity contribution in [3.63, 3.8) is 0 Å². The van der Waals surface area contributed by atoms with Crippen molar-refractivity contribution in [2.24, 2.45) is 0 Å². The standard InChI is InChI=1S/C27H21ClN2O4S/c1-16-7-8-17(2)23(13-16)30-35(32,33)26-14-18(9-12-22(26)28)27(31)29-19-10-11-21-20-5-3-4-6-24(20)34-25(21)15-19/h3-15,30H,1-2H3,(H,29,31). The van der Waals surface area contributed by atoms with Gasteiger partial charge in [-0.2, -0.15) is 0 Å². The number of nitrogens with one attached hydrogen (secondary N) is 2. The monoisotopic (exact) mass is 504 g/mol. The van der Waals surface area contributed by atoms with Gasteiger partial charge in [0.25, 0.3) is 15.9 Å². The molecule has 6 nitrogen and oxygen atoms in total. The molecule has 176 valence electrons. The van der Waals surface area contributed by atoms with Gasteiger partial charge in [0.05, 0.1) is 10.7 Å². The number of carbonyl (C=O) groups excluding carboxylic acids is 1. The SMILES string of the molecule is Cc1ccc(C)c(NS(=O)(=O)c2cc(C(=O)Nc3ccc4c(c3)oc3ccccc34)ccc2Cl)c1. The fourth-order valence-electron chi connectivity index (χ4n) is 3.90. The molecule has 0 aliphatic rings. The Labute approximate surface area is 207 Å². The summed E-state index contributed by atoms with van der Waals surface area (Å²) in [5.74, 6) is -0.472. The van der Waals surface area contributed by atoms with E-state index in [1.54, 1.807) is 18.2 Å². The van der Waals surface area contributed by atoms with Crippen molar-refractivity contribution >= 4 is 60.8 Å². The zero-order valence-corrected chi connectivity index (χ0v) is 20.5. The molecule has 0 aliphatic heterocycles. The quantitative estimate of drug-likeness (QED) is 0.272. The summed E-state index contributed by atoms with van der Waals surface area (Å²) in [5, 5.41) is 4.75. The summed E-state index contributed by atoms with van der Waals surface area (Å²) in [5.41, 5.74) is 4.21. The minimum absolute atomic E-state index is 0.0167. The number of aryl methyl sites for hydroxylation is 2. The number of amides is 1. The average molecular weight is 505 g/mol. The lowest BCUT2D eigenvalue weighted by Gasteiger charge is -2.13. The number of rotatable bonds is 5. The van der Waals surface area contributed by atoms with Crippen molar-refractivity contribution in [3.8, 4) is 0 Å². The Morgan fingerprint density at radius 3 is 2.46 bits per heavy atom. The number of sulfonamides is 1. The van der Waals surface area contributed by atoms with Crippen LogP contribution < -0.4 is 10.0 Å². The van der Waals surface area contributed by atoms with E-state index in [2.05, 4.69) is 10.0 Å². The van der Waals surface area contributed by atoms with Crippen LogP contribution in [-0.2, 0) is 10.0 Å². The molecule has 0 saturated heterocycles. The molecule has 0 unspecified atom stereocenters. The van der Waals surface area contributed by atoms with Gasteiger partial charge in [0.2, 0.25) is 0 Å². The molecule has 5 aromatic rings. The second kappa shape index (κ2) is 8.76. The first-order valence-electron chi connectivity index (χ1n) is 10.8. The van der Waals surface area contributed by atoms with Gasteiger partial charge in [-0.25, -0.2) is 8.42 Å². The molecule has 0 aliphatic carbocycles. The van der Waals surface area contributed by atoms with E-state index >= 15 is 0 Å². The smallest absolute Gasteiger partial charge is 0.263 e. The van der Waals surface area contributed by atoms with E-state index in [0.29, 0.717) is 17.0 Å². The lowest BCUT2D eigenvalue weighted by molar-refractivity contribution is 0.102. The third kappa shape index (κ3) is 4.48. The van der Waals surface area contributed by atoms with Crippen LogP contribution in [-0.4, -0.2) is 14.3 Å². The second-order valence-corrected chi connectivity index (χ2v) is 10.4. The number of carbonyl (C=O) groups is 1. The number of anilines is 2. The number of furan rings is 1. The molecule has 1 aromatic heterocycles. The van der Waals surface area contributed by atoms with Crippen molar-refractivity contribution in [1.29, 1.82) is 0 Å². The number of fused-ring (bicyclic) bond motifs is 3. The van der Waals surface area contributed by atoms with Gasteiger partial charge in [0, 0.05) is 28.1 Å². The Kier molecular flexibility index (Phi) is 5.75. The van der Waals surface area contributed by atoms with E-state index in [9.17, 15) is 13.2 Å². The maximum atomic E-state index is 13.1. The summed E-state index contributed by atoms with van der Waals surface area (Å²) in [6.45, 7) is 3.68. The van der Waals surface area contributed by atoms with Crippen LogP contribution in [0.1, 0.15) is 21.5 Å². The summed E-state index contributed by atoms with van der Waals surface area (Å²) in [4.78, 5) is 12.8. The zero-order valence-electron chi connectivity index (χ0n) is 18.9. The van der Waals surface area contributed by atoms with Crippen molar-refractivity contribution in [2.45, 2.75) is 18.7 Å². The number of benzene rings is 4. The van der Waals surface area contributed by atoms with Gasteiger partial charge in [-0.15, -0.1) is 0 Å². The number of hydrogen-bond donors (Lipinski definition) is 2. The Bertz CT molecular complexity index is 1720. The first-order chi connectivity index (χ1) is 16.7. The predicted molar refractivity (Wildman–Crippen MR) is 140 cm³/mol. The van der Waals surface area contributed by atoms with Gasteiger partial charge < -0.3 is 9.73 Å². The molecule has 8 heteroatoms. The first-order valence-corrected chi connectivity index (χ1v) is 12.7. The second-order valence-electron chi connectivity index (χ2n) is 8.33. The zero-order chi connectivity index (χ0) is 24.7. The Morgan fingerprint density at radius 2 is 1.63 bits per heavy atom. The topological polar surface area (TPSA) is 88.4 Å². The van der Waals surface area contributed by atoms with Crippen LogP contribution in [0.2, 0.25) is 5.02 Å². The fraction of sp³-hybridized carbons (Fsp3) is 0.0741. The highest BCUT2D eigenvalue weighted by atomic mass is 35.5. The van der Waals surface area contributed by atoms with Gasteiger partial charge in [-0.3, -0.25) is 9.52 Å². The highest BCUT2D eigenvalue weighted by Gasteiger charge is 2.21. The van der Waals surface area contributed by atoms with Crippen LogP contribution in [0.25, 0.3) is 21.9 Å². The largest absolute Gasteiger partial charge is 0.456 e. The van der Waals surface area contributed by atoms with Gasteiger partial charge in [-0.05, 0) is 67.4 Å². The minimum Gasteiger partial charge on any atom is -0.456 e. The van der Waals surface area contributed by atoms with E-state index in [1.165, 1.54) is 18.2 Å². The minimum atomic E-state index is -4.03. The van der Waals surface area contributed by atoms with Crippen LogP contribution in [0, 0.1) is 13.8 Å². The molecule has 5 rings (SSSR count). The molecular weight excluding hydrogens is 484 g/mol. The Hall–Kier alpha value is -3.81. The molecule has 1 heterocycles. The Morgan fingerprint density at radius 1 is 0.857 bits per heavy atom. The summed E-state index contributed by atoms with van der Waals surface area (Å²) >= 11 is 6.22.